The number of anilines is 1. The van der Waals surface area contributed by atoms with Gasteiger partial charge in [-0.3, -0.25) is 4.90 Å². The van der Waals surface area contributed by atoms with Crippen molar-refractivity contribution < 1.29 is 4.74 Å². The zero-order valence-corrected chi connectivity index (χ0v) is 16.3. The Morgan fingerprint density at radius 2 is 1.92 bits per heavy atom. The van der Waals surface area contributed by atoms with E-state index in [9.17, 15) is 0 Å². The predicted molar refractivity (Wildman–Crippen MR) is 110 cm³/mol. The van der Waals surface area contributed by atoms with E-state index in [0.29, 0.717) is 11.2 Å². The van der Waals surface area contributed by atoms with Gasteiger partial charge in [-0.15, -0.1) is 11.3 Å². The summed E-state index contributed by atoms with van der Waals surface area (Å²) in [6.45, 7) is 4.53. The number of ether oxygens (including phenoxy) is 1. The SMILES string of the molecule is COc1ccc(NC(=S)N[C@@H](C)[C@H](c2cccs2)N2CCCC2)cc1. The maximum atomic E-state index is 5.53. The minimum Gasteiger partial charge on any atom is -0.497 e. The fraction of sp³-hybridized carbons (Fsp3) is 0.421. The number of likely N-dealkylation sites (tertiary alicyclic amines) is 1. The lowest BCUT2D eigenvalue weighted by atomic mass is 10.1. The molecule has 1 aromatic heterocycles. The molecule has 2 N–H and O–H groups in total. The van der Waals surface area contributed by atoms with E-state index >= 15 is 0 Å². The van der Waals surface area contributed by atoms with Gasteiger partial charge >= 0.3 is 0 Å². The minimum absolute atomic E-state index is 0.231. The van der Waals surface area contributed by atoms with Gasteiger partial charge in [0.2, 0.25) is 0 Å². The average Bonchev–Trinajstić information content (AvgIpc) is 3.30. The van der Waals surface area contributed by atoms with Crippen LogP contribution in [0.5, 0.6) is 5.75 Å². The molecule has 1 aromatic carbocycles. The molecule has 0 amide bonds. The molecule has 0 bridgehead atoms. The van der Waals surface area contributed by atoms with Crippen LogP contribution in [-0.2, 0) is 0 Å². The number of thiophene rings is 1. The Balaban J connectivity index is 1.63. The highest BCUT2D eigenvalue weighted by Gasteiger charge is 2.29. The van der Waals surface area contributed by atoms with Crippen molar-refractivity contribution in [2.24, 2.45) is 0 Å². The molecule has 1 aliphatic heterocycles. The third-order valence-electron chi connectivity index (χ3n) is 4.55. The standard InChI is InChI=1S/C19H25N3OS2/c1-14(18(17-6-5-13-25-17)22-11-3-4-12-22)20-19(24)21-15-7-9-16(23-2)10-8-15/h5-10,13-14,18H,3-4,11-12H2,1-2H3,(H2,20,21,24)/t14-,18+/m0/s1. The van der Waals surface area contributed by atoms with E-state index in [-0.39, 0.29) is 6.04 Å². The second-order valence-electron chi connectivity index (χ2n) is 6.32. The van der Waals surface area contributed by atoms with Gasteiger partial charge in [-0.1, -0.05) is 6.07 Å². The smallest absolute Gasteiger partial charge is 0.171 e. The first kappa shape index (κ1) is 18.2. The van der Waals surface area contributed by atoms with E-state index in [1.54, 1.807) is 7.11 Å². The normalized spacial score (nSPS) is 17.0. The van der Waals surface area contributed by atoms with E-state index in [2.05, 4.69) is 40.0 Å². The molecule has 0 saturated carbocycles. The first-order chi connectivity index (χ1) is 12.2. The van der Waals surface area contributed by atoms with Crippen LogP contribution in [0.15, 0.2) is 41.8 Å². The zero-order valence-electron chi connectivity index (χ0n) is 14.7. The average molecular weight is 376 g/mol. The van der Waals surface area contributed by atoms with Crippen LogP contribution >= 0.6 is 23.6 Å². The van der Waals surface area contributed by atoms with E-state index < -0.39 is 0 Å². The Hall–Kier alpha value is -1.63. The molecular weight excluding hydrogens is 350 g/mol. The Morgan fingerprint density at radius 3 is 2.52 bits per heavy atom. The van der Waals surface area contributed by atoms with Crippen LogP contribution in [0.4, 0.5) is 5.69 Å². The quantitative estimate of drug-likeness (QED) is 0.738. The second-order valence-corrected chi connectivity index (χ2v) is 7.71. The lowest BCUT2D eigenvalue weighted by Crippen LogP contribution is -2.45. The molecule has 0 spiro atoms. The summed E-state index contributed by atoms with van der Waals surface area (Å²) in [4.78, 5) is 3.97. The van der Waals surface area contributed by atoms with Crippen LogP contribution in [0.2, 0.25) is 0 Å². The summed E-state index contributed by atoms with van der Waals surface area (Å²) in [5.41, 5.74) is 0.958. The summed E-state index contributed by atoms with van der Waals surface area (Å²) in [5.74, 6) is 0.838. The summed E-state index contributed by atoms with van der Waals surface area (Å²) >= 11 is 7.35. The van der Waals surface area contributed by atoms with Crippen LogP contribution in [0.25, 0.3) is 0 Å². The van der Waals surface area contributed by atoms with Crippen molar-refractivity contribution in [2.45, 2.75) is 31.8 Å². The highest BCUT2D eigenvalue weighted by atomic mass is 32.1. The Labute approximate surface area is 159 Å². The van der Waals surface area contributed by atoms with Crippen LogP contribution in [-0.4, -0.2) is 36.3 Å². The van der Waals surface area contributed by atoms with Gasteiger partial charge < -0.3 is 15.4 Å². The molecule has 0 unspecified atom stereocenters. The Morgan fingerprint density at radius 1 is 1.20 bits per heavy atom. The molecule has 2 atom stereocenters. The summed E-state index contributed by atoms with van der Waals surface area (Å²) in [6.07, 6.45) is 2.56. The highest BCUT2D eigenvalue weighted by molar-refractivity contribution is 7.80. The maximum absolute atomic E-state index is 5.53. The van der Waals surface area contributed by atoms with E-state index in [1.165, 1.54) is 17.7 Å². The maximum Gasteiger partial charge on any atom is 0.171 e. The Bertz CT molecular complexity index is 666. The fourth-order valence-corrected chi connectivity index (χ4v) is 4.62. The number of benzene rings is 1. The molecule has 1 fully saturated rings. The molecule has 0 aliphatic carbocycles. The number of thiocarbonyl (C=S) groups is 1. The first-order valence-corrected chi connectivity index (χ1v) is 9.95. The first-order valence-electron chi connectivity index (χ1n) is 8.66. The molecule has 2 heterocycles. The molecule has 3 rings (SSSR count). The van der Waals surface area contributed by atoms with Crippen molar-refractivity contribution >= 4 is 34.4 Å². The van der Waals surface area contributed by atoms with Gasteiger partial charge in [-0.2, -0.15) is 0 Å². The molecule has 4 nitrogen and oxygen atoms in total. The third-order valence-corrected chi connectivity index (χ3v) is 5.71. The summed E-state index contributed by atoms with van der Waals surface area (Å²) in [5, 5.41) is 9.54. The van der Waals surface area contributed by atoms with Gasteiger partial charge in [0.25, 0.3) is 0 Å². The highest BCUT2D eigenvalue weighted by Crippen LogP contribution is 2.31. The molecule has 1 aliphatic rings. The van der Waals surface area contributed by atoms with Crippen molar-refractivity contribution in [1.29, 1.82) is 0 Å². The monoisotopic (exact) mass is 375 g/mol. The number of nitrogens with zero attached hydrogens (tertiary/aromatic N) is 1. The Kier molecular flexibility index (Phi) is 6.29. The van der Waals surface area contributed by atoms with Crippen molar-refractivity contribution in [2.75, 3.05) is 25.5 Å². The summed E-state index contributed by atoms with van der Waals surface area (Å²) in [7, 11) is 1.67. The van der Waals surface area contributed by atoms with E-state index in [0.717, 1.165) is 24.5 Å². The molecule has 6 heteroatoms. The zero-order chi connectivity index (χ0) is 17.6. The predicted octanol–water partition coefficient (Wildman–Crippen LogP) is 4.27. The van der Waals surface area contributed by atoms with Crippen LogP contribution in [0.3, 0.4) is 0 Å². The summed E-state index contributed by atoms with van der Waals surface area (Å²) < 4.78 is 5.19. The molecule has 2 aromatic rings. The lowest BCUT2D eigenvalue weighted by Gasteiger charge is -2.33. The van der Waals surface area contributed by atoms with Gasteiger partial charge in [0.1, 0.15) is 5.75 Å². The largest absolute Gasteiger partial charge is 0.497 e. The van der Waals surface area contributed by atoms with Gasteiger partial charge in [-0.25, -0.2) is 0 Å². The van der Waals surface area contributed by atoms with E-state index in [1.807, 2.05) is 35.6 Å². The number of hydrogen-bond acceptors (Lipinski definition) is 4. The molecule has 1 saturated heterocycles. The van der Waals surface area contributed by atoms with Gasteiger partial charge in [-0.05, 0) is 80.8 Å². The van der Waals surface area contributed by atoms with Gasteiger partial charge in [0.05, 0.1) is 13.2 Å². The van der Waals surface area contributed by atoms with Crippen molar-refractivity contribution in [3.05, 3.63) is 46.7 Å². The number of hydrogen-bond donors (Lipinski definition) is 2. The van der Waals surface area contributed by atoms with E-state index in [4.69, 9.17) is 17.0 Å². The minimum atomic E-state index is 0.231. The van der Waals surface area contributed by atoms with Crippen molar-refractivity contribution in [3.63, 3.8) is 0 Å². The topological polar surface area (TPSA) is 36.5 Å². The third kappa shape index (κ3) is 4.71. The van der Waals surface area contributed by atoms with Crippen molar-refractivity contribution in [3.8, 4) is 5.75 Å². The van der Waals surface area contributed by atoms with Crippen molar-refractivity contribution in [1.82, 2.24) is 10.2 Å². The van der Waals surface area contributed by atoms with Gasteiger partial charge in [0.15, 0.2) is 5.11 Å². The molecule has 25 heavy (non-hydrogen) atoms. The number of nitrogens with one attached hydrogen (secondary N) is 2. The van der Waals surface area contributed by atoms with Gasteiger partial charge in [0, 0.05) is 16.6 Å². The molecular formula is C19H25N3OS2. The van der Waals surface area contributed by atoms with Crippen LogP contribution in [0.1, 0.15) is 30.7 Å². The summed E-state index contributed by atoms with van der Waals surface area (Å²) in [6, 6.07) is 12.7. The lowest BCUT2D eigenvalue weighted by molar-refractivity contribution is 0.214. The van der Waals surface area contributed by atoms with Crippen LogP contribution < -0.4 is 15.4 Å². The number of methoxy groups -OCH3 is 1. The van der Waals surface area contributed by atoms with Crippen LogP contribution in [0, 0.1) is 0 Å². The fourth-order valence-electron chi connectivity index (χ4n) is 3.35. The second kappa shape index (κ2) is 8.65. The molecule has 0 radical (unpaired) electrons. The molecule has 134 valence electrons. The number of rotatable bonds is 6.